The summed E-state index contributed by atoms with van der Waals surface area (Å²) >= 11 is 6.36. The number of esters is 1. The molecule has 0 N–H and O–H groups in total. The highest BCUT2D eigenvalue weighted by atomic mass is 35.5. The smallest absolute Gasteiger partial charge is 0.311 e. The summed E-state index contributed by atoms with van der Waals surface area (Å²) < 4.78 is 10.9. The summed E-state index contributed by atoms with van der Waals surface area (Å²) in [6, 6.07) is 11.1. The van der Waals surface area contributed by atoms with Crippen LogP contribution in [0.4, 0.5) is 5.69 Å². The van der Waals surface area contributed by atoms with Crippen molar-refractivity contribution in [1.29, 1.82) is 0 Å². The Morgan fingerprint density at radius 3 is 2.93 bits per heavy atom. The van der Waals surface area contributed by atoms with Crippen molar-refractivity contribution in [1.82, 2.24) is 4.98 Å². The van der Waals surface area contributed by atoms with Gasteiger partial charge in [0.25, 0.3) is 0 Å². The van der Waals surface area contributed by atoms with E-state index in [4.69, 9.17) is 20.8 Å². The zero-order valence-corrected chi connectivity index (χ0v) is 16.3. The van der Waals surface area contributed by atoms with Gasteiger partial charge in [-0.3, -0.25) is 9.59 Å². The summed E-state index contributed by atoms with van der Waals surface area (Å²) in [5.41, 5.74) is 3.80. The maximum atomic E-state index is 12.5. The van der Waals surface area contributed by atoms with E-state index in [1.165, 1.54) is 4.90 Å². The Balaban J connectivity index is 1.67. The molecule has 0 saturated carbocycles. The number of anilines is 1. The summed E-state index contributed by atoms with van der Waals surface area (Å²) in [6.07, 6.45) is 0.113. The van der Waals surface area contributed by atoms with Gasteiger partial charge >= 0.3 is 5.97 Å². The van der Waals surface area contributed by atoms with Gasteiger partial charge in [-0.2, -0.15) is 0 Å². The molecule has 1 aliphatic heterocycles. The molecule has 2 aromatic carbocycles. The number of aromatic nitrogens is 1. The average Bonchev–Trinajstić information content (AvgIpc) is 3.25. The highest BCUT2D eigenvalue weighted by Gasteiger charge is 2.37. The Morgan fingerprint density at radius 2 is 2.14 bits per heavy atom. The lowest BCUT2D eigenvalue weighted by Crippen LogP contribution is -2.26. The highest BCUT2D eigenvalue weighted by Crippen LogP contribution is 2.36. The summed E-state index contributed by atoms with van der Waals surface area (Å²) in [5, 5.41) is 0.425. The van der Waals surface area contributed by atoms with E-state index in [0.717, 1.165) is 11.1 Å². The summed E-state index contributed by atoms with van der Waals surface area (Å²) in [4.78, 5) is 30.6. The third kappa shape index (κ3) is 3.36. The predicted molar refractivity (Wildman–Crippen MR) is 106 cm³/mol. The van der Waals surface area contributed by atoms with Crippen LogP contribution in [0.5, 0.6) is 0 Å². The number of carbonyl (C=O) groups is 2. The summed E-state index contributed by atoms with van der Waals surface area (Å²) in [5.74, 6) is -0.559. The van der Waals surface area contributed by atoms with Gasteiger partial charge in [-0.1, -0.05) is 17.7 Å². The number of oxazole rings is 1. The number of hydrogen-bond donors (Lipinski definition) is 0. The van der Waals surface area contributed by atoms with E-state index in [9.17, 15) is 9.59 Å². The van der Waals surface area contributed by atoms with Crippen molar-refractivity contribution >= 4 is 40.3 Å². The van der Waals surface area contributed by atoms with Gasteiger partial charge in [-0.25, -0.2) is 4.98 Å². The van der Waals surface area contributed by atoms with Crippen molar-refractivity contribution in [2.75, 3.05) is 18.1 Å². The van der Waals surface area contributed by atoms with Crippen LogP contribution in [-0.2, 0) is 14.3 Å². The van der Waals surface area contributed by atoms with E-state index in [-0.39, 0.29) is 31.4 Å². The van der Waals surface area contributed by atoms with E-state index in [0.29, 0.717) is 27.7 Å². The molecule has 1 aliphatic rings. The fourth-order valence-electron chi connectivity index (χ4n) is 3.37. The average molecular weight is 399 g/mol. The lowest BCUT2D eigenvalue weighted by atomic mass is 10.1. The van der Waals surface area contributed by atoms with Crippen LogP contribution in [0.1, 0.15) is 18.9 Å². The predicted octanol–water partition coefficient (Wildman–Crippen LogP) is 4.37. The zero-order valence-electron chi connectivity index (χ0n) is 15.6. The minimum Gasteiger partial charge on any atom is -0.466 e. The quantitative estimate of drug-likeness (QED) is 0.610. The second-order valence-electron chi connectivity index (χ2n) is 6.81. The SMILES string of the molecule is CCOC(=O)[C@H]1CC(=O)N(c2cc(-c3nc4cc(C)ccc4o3)ccc2Cl)C1. The van der Waals surface area contributed by atoms with E-state index in [1.807, 2.05) is 25.1 Å². The molecule has 144 valence electrons. The van der Waals surface area contributed by atoms with Crippen molar-refractivity contribution in [3.63, 3.8) is 0 Å². The van der Waals surface area contributed by atoms with Crippen LogP contribution in [0.3, 0.4) is 0 Å². The van der Waals surface area contributed by atoms with Crippen molar-refractivity contribution in [2.24, 2.45) is 5.92 Å². The molecule has 2 heterocycles. The van der Waals surface area contributed by atoms with Crippen molar-refractivity contribution in [3.8, 4) is 11.5 Å². The number of halogens is 1. The molecule has 1 fully saturated rings. The molecule has 7 heteroatoms. The van der Waals surface area contributed by atoms with Gasteiger partial charge in [0, 0.05) is 18.5 Å². The third-order valence-electron chi connectivity index (χ3n) is 4.77. The molecule has 1 amide bonds. The number of ether oxygens (including phenoxy) is 1. The van der Waals surface area contributed by atoms with Gasteiger partial charge < -0.3 is 14.1 Å². The first-order valence-corrected chi connectivity index (χ1v) is 9.48. The Bertz CT molecular complexity index is 1080. The Morgan fingerprint density at radius 1 is 1.32 bits per heavy atom. The molecule has 0 aliphatic carbocycles. The van der Waals surface area contributed by atoms with Crippen molar-refractivity contribution in [3.05, 3.63) is 47.0 Å². The summed E-state index contributed by atoms with van der Waals surface area (Å²) in [7, 11) is 0. The second-order valence-corrected chi connectivity index (χ2v) is 7.22. The monoisotopic (exact) mass is 398 g/mol. The largest absolute Gasteiger partial charge is 0.466 e. The van der Waals surface area contributed by atoms with E-state index >= 15 is 0 Å². The van der Waals surface area contributed by atoms with Crippen LogP contribution in [0, 0.1) is 12.8 Å². The minimum absolute atomic E-state index is 0.113. The van der Waals surface area contributed by atoms with Gasteiger partial charge in [0.1, 0.15) is 5.52 Å². The van der Waals surface area contributed by atoms with E-state index < -0.39 is 5.92 Å². The number of aryl methyl sites for hydroxylation is 1. The molecule has 4 rings (SSSR count). The maximum Gasteiger partial charge on any atom is 0.311 e. The molecule has 1 aromatic heterocycles. The maximum absolute atomic E-state index is 12.5. The number of carbonyl (C=O) groups excluding carboxylic acids is 2. The van der Waals surface area contributed by atoms with Crippen LogP contribution in [0.25, 0.3) is 22.6 Å². The molecule has 6 nitrogen and oxygen atoms in total. The molecule has 0 spiro atoms. The lowest BCUT2D eigenvalue weighted by molar-refractivity contribution is -0.147. The molecule has 0 radical (unpaired) electrons. The van der Waals surface area contributed by atoms with Gasteiger partial charge in [0.15, 0.2) is 5.58 Å². The first kappa shape index (κ1) is 18.5. The number of benzene rings is 2. The number of fused-ring (bicyclic) bond motifs is 1. The minimum atomic E-state index is -0.487. The van der Waals surface area contributed by atoms with Gasteiger partial charge in [-0.15, -0.1) is 0 Å². The van der Waals surface area contributed by atoms with Crippen LogP contribution in [-0.4, -0.2) is 30.0 Å². The Kier molecular flexibility index (Phi) is 4.81. The first-order valence-electron chi connectivity index (χ1n) is 9.10. The first-order chi connectivity index (χ1) is 13.5. The van der Waals surface area contributed by atoms with Crippen LogP contribution < -0.4 is 4.90 Å². The molecule has 0 bridgehead atoms. The molecule has 3 aromatic rings. The van der Waals surface area contributed by atoms with Crippen LogP contribution in [0.15, 0.2) is 40.8 Å². The zero-order chi connectivity index (χ0) is 19.8. The molecule has 0 unspecified atom stereocenters. The number of nitrogens with zero attached hydrogens (tertiary/aromatic N) is 2. The molecule has 1 saturated heterocycles. The topological polar surface area (TPSA) is 72.6 Å². The Labute approximate surface area is 167 Å². The van der Waals surface area contributed by atoms with Gasteiger partial charge in [-0.05, 0) is 49.7 Å². The van der Waals surface area contributed by atoms with Crippen LogP contribution >= 0.6 is 11.6 Å². The molecular weight excluding hydrogens is 380 g/mol. The number of rotatable bonds is 4. The molecule has 28 heavy (non-hydrogen) atoms. The fraction of sp³-hybridized carbons (Fsp3) is 0.286. The van der Waals surface area contributed by atoms with E-state index in [1.54, 1.807) is 25.1 Å². The fourth-order valence-corrected chi connectivity index (χ4v) is 3.59. The summed E-state index contributed by atoms with van der Waals surface area (Å²) in [6.45, 7) is 4.27. The van der Waals surface area contributed by atoms with Gasteiger partial charge in [0.05, 0.1) is 23.2 Å². The highest BCUT2D eigenvalue weighted by molar-refractivity contribution is 6.34. The second kappa shape index (κ2) is 7.28. The number of amides is 1. The number of hydrogen-bond acceptors (Lipinski definition) is 5. The normalized spacial score (nSPS) is 16.8. The lowest BCUT2D eigenvalue weighted by Gasteiger charge is -2.18. The Hall–Kier alpha value is -2.86. The van der Waals surface area contributed by atoms with Gasteiger partial charge in [0.2, 0.25) is 11.8 Å². The van der Waals surface area contributed by atoms with Crippen molar-refractivity contribution in [2.45, 2.75) is 20.3 Å². The van der Waals surface area contributed by atoms with E-state index in [2.05, 4.69) is 4.98 Å². The van der Waals surface area contributed by atoms with Crippen molar-refractivity contribution < 1.29 is 18.7 Å². The van der Waals surface area contributed by atoms with Crippen LogP contribution in [0.2, 0.25) is 5.02 Å². The molecular formula is C21H19ClN2O4. The standard InChI is InChI=1S/C21H19ClN2O4/c1-3-27-21(26)14-10-19(25)24(11-14)17-9-13(5-6-15(17)22)20-23-16-8-12(2)4-7-18(16)28-20/h4-9,14H,3,10-11H2,1-2H3/t14-/m0/s1. The molecule has 1 atom stereocenters. The third-order valence-corrected chi connectivity index (χ3v) is 5.09.